The number of hydrogen-bond donors (Lipinski definition) is 1. The second kappa shape index (κ2) is 8.03. The third kappa shape index (κ3) is 2.93. The fourth-order valence-corrected chi connectivity index (χ4v) is 5.66. The zero-order valence-corrected chi connectivity index (χ0v) is 19.9. The topological polar surface area (TPSA) is 91.3 Å². The molecule has 0 saturated carbocycles. The third-order valence-corrected chi connectivity index (χ3v) is 7.49. The Morgan fingerprint density at radius 2 is 1.82 bits per heavy atom. The van der Waals surface area contributed by atoms with Gasteiger partial charge in [-0.05, 0) is 5.56 Å². The van der Waals surface area contributed by atoms with Crippen LogP contribution in [-0.4, -0.2) is 43.1 Å². The van der Waals surface area contributed by atoms with E-state index in [1.807, 2.05) is 30.3 Å². The molecule has 1 N–H and O–H groups in total. The van der Waals surface area contributed by atoms with Crippen LogP contribution in [0.2, 0.25) is 5.02 Å². The Hall–Kier alpha value is -3.03. The van der Waals surface area contributed by atoms with E-state index in [-0.39, 0.29) is 65.3 Å². The highest BCUT2D eigenvalue weighted by Crippen LogP contribution is 2.59. The number of rotatable bonds is 5. The maximum atomic E-state index is 14.1. The van der Waals surface area contributed by atoms with Gasteiger partial charge in [0, 0.05) is 43.4 Å². The largest absolute Gasteiger partial charge is 0.496 e. The lowest BCUT2D eigenvalue weighted by Gasteiger charge is -2.38. The molecule has 0 unspecified atom stereocenters. The van der Waals surface area contributed by atoms with Crippen LogP contribution in [-0.2, 0) is 15.1 Å². The molecular weight excluding hydrogens is 460 g/mol. The monoisotopic (exact) mass is 484 g/mol. The summed E-state index contributed by atoms with van der Waals surface area (Å²) in [5, 5.41) is 10.0. The Balaban J connectivity index is 1.69. The first-order valence-corrected chi connectivity index (χ1v) is 11.5. The number of carbonyl (C=O) groups is 2. The van der Waals surface area contributed by atoms with Crippen molar-refractivity contribution < 1.29 is 33.6 Å². The highest BCUT2D eigenvalue weighted by atomic mass is 35.5. The van der Waals surface area contributed by atoms with E-state index < -0.39 is 17.1 Å². The van der Waals surface area contributed by atoms with E-state index in [9.17, 15) is 14.7 Å². The summed E-state index contributed by atoms with van der Waals surface area (Å²) in [7, 11) is 2.92. The Bertz CT molecular complexity index is 1220. The molecule has 2 aliphatic heterocycles. The Kier molecular flexibility index (Phi) is 5.37. The predicted molar refractivity (Wildman–Crippen MR) is 124 cm³/mol. The number of ether oxygens (including phenoxy) is 4. The van der Waals surface area contributed by atoms with E-state index in [0.717, 1.165) is 5.56 Å². The molecule has 2 aromatic rings. The van der Waals surface area contributed by atoms with Gasteiger partial charge >= 0.3 is 0 Å². The van der Waals surface area contributed by atoms with Crippen LogP contribution in [0.1, 0.15) is 42.1 Å². The van der Waals surface area contributed by atoms with E-state index >= 15 is 0 Å². The van der Waals surface area contributed by atoms with Crippen molar-refractivity contribution in [1.29, 1.82) is 0 Å². The molecule has 0 amide bonds. The van der Waals surface area contributed by atoms with Crippen LogP contribution in [0.15, 0.2) is 47.7 Å². The molecule has 34 heavy (non-hydrogen) atoms. The summed E-state index contributed by atoms with van der Waals surface area (Å²) in [6, 6.07) is 11.0. The number of ketones is 2. The number of aliphatic hydroxyl groups is 1. The molecule has 3 aliphatic rings. The van der Waals surface area contributed by atoms with Gasteiger partial charge in [-0.3, -0.25) is 9.59 Å². The lowest BCUT2D eigenvalue weighted by Crippen LogP contribution is -2.52. The zero-order chi connectivity index (χ0) is 24.3. The minimum absolute atomic E-state index is 0.0909. The number of benzene rings is 2. The Labute approximate surface area is 202 Å². The van der Waals surface area contributed by atoms with Gasteiger partial charge in [-0.25, -0.2) is 0 Å². The number of methoxy groups -OCH3 is 2. The van der Waals surface area contributed by atoms with Crippen molar-refractivity contribution in [3.05, 3.63) is 63.9 Å². The SMILES string of the molecule is COc1cc(OC)c2c(c1Cl)O[C@]1(C2=O)C2=C(C[C@@](CCO)(c3ccccc3)O2)C(=O)C[C@H]1C. The first-order chi connectivity index (χ1) is 16.3. The average molecular weight is 485 g/mol. The van der Waals surface area contributed by atoms with Gasteiger partial charge in [0.05, 0.1) is 14.2 Å². The molecule has 2 heterocycles. The molecule has 0 aromatic heterocycles. The second-order valence-electron chi connectivity index (χ2n) is 8.91. The minimum atomic E-state index is -1.57. The van der Waals surface area contributed by atoms with Crippen LogP contribution in [0.5, 0.6) is 17.2 Å². The summed E-state index contributed by atoms with van der Waals surface area (Å²) in [5.74, 6) is -0.0536. The quantitative estimate of drug-likeness (QED) is 0.679. The number of hydrogen-bond acceptors (Lipinski definition) is 7. The molecule has 0 bridgehead atoms. The lowest BCUT2D eigenvalue weighted by molar-refractivity contribution is -0.119. The standard InChI is InChI=1S/C26H25ClO7/c1-14-11-17(29)16-13-25(9-10-28,15-7-5-4-6-8-15)34-24(16)26(14)23(30)20-18(31-2)12-19(32-3)21(27)22(20)33-26/h4-8,12,14,28H,9-11,13H2,1-3H3/t14-,25+,26-/m1/s1. The molecule has 3 atom stereocenters. The highest BCUT2D eigenvalue weighted by molar-refractivity contribution is 6.35. The summed E-state index contributed by atoms with van der Waals surface area (Å²) in [5.41, 5.74) is -1.13. The molecule has 7 nitrogen and oxygen atoms in total. The average Bonchev–Trinajstić information content (AvgIpc) is 3.38. The zero-order valence-electron chi connectivity index (χ0n) is 19.1. The number of aliphatic hydroxyl groups excluding tert-OH is 1. The van der Waals surface area contributed by atoms with E-state index in [4.69, 9.17) is 30.5 Å². The molecule has 1 spiro atoms. The Morgan fingerprint density at radius 3 is 2.47 bits per heavy atom. The van der Waals surface area contributed by atoms with Gasteiger partial charge in [-0.2, -0.15) is 0 Å². The van der Waals surface area contributed by atoms with Gasteiger partial charge in [0.25, 0.3) is 0 Å². The van der Waals surface area contributed by atoms with E-state index in [1.54, 1.807) is 13.0 Å². The summed E-state index contributed by atoms with van der Waals surface area (Å²) in [6.45, 7) is 1.64. The maximum Gasteiger partial charge on any atom is 0.231 e. The molecule has 0 saturated heterocycles. The van der Waals surface area contributed by atoms with E-state index in [0.29, 0.717) is 11.3 Å². The minimum Gasteiger partial charge on any atom is -0.496 e. The first-order valence-electron chi connectivity index (χ1n) is 11.1. The van der Waals surface area contributed by atoms with Crippen molar-refractivity contribution in [2.24, 2.45) is 5.92 Å². The Morgan fingerprint density at radius 1 is 1.12 bits per heavy atom. The first kappa shape index (κ1) is 22.7. The van der Waals surface area contributed by atoms with Gasteiger partial charge in [0.1, 0.15) is 27.7 Å². The van der Waals surface area contributed by atoms with Gasteiger partial charge < -0.3 is 24.1 Å². The van der Waals surface area contributed by atoms with Gasteiger partial charge in [-0.1, -0.05) is 48.9 Å². The third-order valence-electron chi connectivity index (χ3n) is 7.13. The summed E-state index contributed by atoms with van der Waals surface area (Å²) in [6.07, 6.45) is 0.602. The normalized spacial score (nSPS) is 27.4. The van der Waals surface area contributed by atoms with Crippen molar-refractivity contribution in [2.75, 3.05) is 20.8 Å². The highest BCUT2D eigenvalue weighted by Gasteiger charge is 2.65. The molecule has 178 valence electrons. The van der Waals surface area contributed by atoms with Crippen molar-refractivity contribution in [3.8, 4) is 17.2 Å². The second-order valence-corrected chi connectivity index (χ2v) is 9.29. The van der Waals surface area contributed by atoms with Crippen molar-refractivity contribution in [2.45, 2.75) is 37.4 Å². The molecule has 2 aromatic carbocycles. The van der Waals surface area contributed by atoms with Crippen LogP contribution in [0.4, 0.5) is 0 Å². The summed E-state index contributed by atoms with van der Waals surface area (Å²) >= 11 is 6.56. The lowest BCUT2D eigenvalue weighted by atomic mass is 9.72. The maximum absolute atomic E-state index is 14.1. The van der Waals surface area contributed by atoms with E-state index in [2.05, 4.69) is 0 Å². The van der Waals surface area contributed by atoms with Crippen molar-refractivity contribution in [3.63, 3.8) is 0 Å². The number of halogens is 1. The van der Waals surface area contributed by atoms with Crippen molar-refractivity contribution in [1.82, 2.24) is 0 Å². The smallest absolute Gasteiger partial charge is 0.231 e. The van der Waals surface area contributed by atoms with Crippen LogP contribution < -0.4 is 14.2 Å². The molecule has 0 fully saturated rings. The van der Waals surface area contributed by atoms with E-state index in [1.165, 1.54) is 14.2 Å². The number of Topliss-reactive ketones (excluding diaryl/α,β-unsaturated/α-hetero) is 2. The summed E-state index contributed by atoms with van der Waals surface area (Å²) in [4.78, 5) is 27.3. The van der Waals surface area contributed by atoms with Gasteiger partial charge in [0.15, 0.2) is 17.3 Å². The molecule has 1 aliphatic carbocycles. The predicted octanol–water partition coefficient (Wildman–Crippen LogP) is 4.23. The molecule has 8 heteroatoms. The molecular formula is C26H25ClO7. The van der Waals surface area contributed by atoms with Gasteiger partial charge in [0.2, 0.25) is 11.4 Å². The molecule has 0 radical (unpaired) electrons. The number of fused-ring (bicyclic) bond motifs is 2. The van der Waals surface area contributed by atoms with Crippen LogP contribution in [0.25, 0.3) is 0 Å². The van der Waals surface area contributed by atoms with Crippen LogP contribution in [0.3, 0.4) is 0 Å². The van der Waals surface area contributed by atoms with Gasteiger partial charge in [-0.15, -0.1) is 0 Å². The van der Waals surface area contributed by atoms with Crippen LogP contribution >= 0.6 is 11.6 Å². The van der Waals surface area contributed by atoms with Crippen molar-refractivity contribution >= 4 is 23.2 Å². The summed E-state index contributed by atoms with van der Waals surface area (Å²) < 4.78 is 23.8. The molecule has 5 rings (SSSR count). The van der Waals surface area contributed by atoms with Crippen LogP contribution in [0, 0.1) is 5.92 Å². The fraction of sp³-hybridized carbons (Fsp3) is 0.385. The number of carbonyl (C=O) groups excluding carboxylic acids is 2. The fourth-order valence-electron chi connectivity index (χ4n) is 5.40.